The third kappa shape index (κ3) is 2.43. The lowest BCUT2D eigenvalue weighted by molar-refractivity contribution is 0.882. The first-order valence-electron chi connectivity index (χ1n) is 6.83. The summed E-state index contributed by atoms with van der Waals surface area (Å²) in [7, 11) is 0. The minimum absolute atomic E-state index is 0.307. The summed E-state index contributed by atoms with van der Waals surface area (Å²) in [6, 6.07) is 8.85. The summed E-state index contributed by atoms with van der Waals surface area (Å²) in [6.07, 6.45) is 0. The molecule has 0 aliphatic rings. The first-order chi connectivity index (χ1) is 9.52. The lowest BCUT2D eigenvalue weighted by Gasteiger charge is -2.15. The Hall–Kier alpha value is -1.81. The molecule has 0 fully saturated rings. The van der Waals surface area contributed by atoms with Crippen molar-refractivity contribution in [2.45, 2.75) is 33.7 Å². The van der Waals surface area contributed by atoms with Crippen LogP contribution in [0.3, 0.4) is 0 Å². The van der Waals surface area contributed by atoms with Gasteiger partial charge in [0.15, 0.2) is 0 Å². The second kappa shape index (κ2) is 4.94. The third-order valence-electron chi connectivity index (χ3n) is 3.53. The van der Waals surface area contributed by atoms with E-state index in [-0.39, 0.29) is 0 Å². The maximum Gasteiger partial charge on any atom is 0.104 e. The van der Waals surface area contributed by atoms with Crippen molar-refractivity contribution in [1.29, 1.82) is 0 Å². The van der Waals surface area contributed by atoms with Crippen LogP contribution < -0.4 is 5.32 Å². The predicted octanol–water partition coefficient (Wildman–Crippen LogP) is 4.72. The van der Waals surface area contributed by atoms with Crippen molar-refractivity contribution in [3.05, 3.63) is 45.4 Å². The van der Waals surface area contributed by atoms with Gasteiger partial charge in [-0.25, -0.2) is 4.98 Å². The van der Waals surface area contributed by atoms with Crippen molar-refractivity contribution in [3.8, 4) is 0 Å². The molecule has 0 spiro atoms. The molecule has 2 heterocycles. The number of imidazole rings is 1. The quantitative estimate of drug-likeness (QED) is 0.731. The number of nitrogens with zero attached hydrogens (tertiary/aromatic N) is 1. The van der Waals surface area contributed by atoms with E-state index >= 15 is 0 Å². The van der Waals surface area contributed by atoms with Gasteiger partial charge >= 0.3 is 0 Å². The zero-order valence-electron chi connectivity index (χ0n) is 12.2. The molecule has 1 aromatic carbocycles. The van der Waals surface area contributed by atoms with Crippen molar-refractivity contribution in [3.63, 3.8) is 0 Å². The summed E-state index contributed by atoms with van der Waals surface area (Å²) in [5.41, 5.74) is 4.60. The average molecular weight is 285 g/mol. The molecular weight excluding hydrogens is 266 g/mol. The van der Waals surface area contributed by atoms with Crippen molar-refractivity contribution in [2.75, 3.05) is 5.32 Å². The minimum atomic E-state index is 0.307. The third-order valence-corrected chi connectivity index (χ3v) is 4.51. The molecule has 2 aromatic heterocycles. The zero-order chi connectivity index (χ0) is 14.3. The van der Waals surface area contributed by atoms with Crippen LogP contribution in [0.25, 0.3) is 11.0 Å². The Labute approximate surface area is 123 Å². The van der Waals surface area contributed by atoms with Crippen LogP contribution in [0.5, 0.6) is 0 Å². The Morgan fingerprint density at radius 2 is 2.00 bits per heavy atom. The first kappa shape index (κ1) is 13.2. The molecule has 0 saturated carbocycles. The molecule has 0 amide bonds. The van der Waals surface area contributed by atoms with Gasteiger partial charge in [0.1, 0.15) is 5.82 Å². The Balaban J connectivity index is 1.86. The topological polar surface area (TPSA) is 40.7 Å². The molecule has 0 radical (unpaired) electrons. The van der Waals surface area contributed by atoms with E-state index in [2.05, 4.69) is 60.3 Å². The van der Waals surface area contributed by atoms with Gasteiger partial charge < -0.3 is 10.3 Å². The molecule has 0 saturated heterocycles. The van der Waals surface area contributed by atoms with E-state index in [4.69, 9.17) is 0 Å². The number of thiophene rings is 1. The summed E-state index contributed by atoms with van der Waals surface area (Å²) in [5.74, 6) is 0.953. The van der Waals surface area contributed by atoms with Crippen molar-refractivity contribution < 1.29 is 0 Å². The highest BCUT2D eigenvalue weighted by Gasteiger charge is 2.11. The van der Waals surface area contributed by atoms with Crippen LogP contribution >= 0.6 is 11.3 Å². The number of hydrogen-bond acceptors (Lipinski definition) is 3. The van der Waals surface area contributed by atoms with E-state index in [9.17, 15) is 0 Å². The number of aryl methyl sites for hydroxylation is 3. The summed E-state index contributed by atoms with van der Waals surface area (Å²) < 4.78 is 0. The second-order valence-corrected chi connectivity index (χ2v) is 6.75. The number of benzene rings is 1. The van der Waals surface area contributed by atoms with E-state index in [0.29, 0.717) is 6.04 Å². The Morgan fingerprint density at radius 3 is 2.70 bits per heavy atom. The highest BCUT2D eigenvalue weighted by atomic mass is 32.1. The number of aromatic nitrogens is 2. The Kier molecular flexibility index (Phi) is 3.26. The fourth-order valence-electron chi connectivity index (χ4n) is 2.64. The Morgan fingerprint density at radius 1 is 1.20 bits per heavy atom. The van der Waals surface area contributed by atoms with Crippen LogP contribution in [0.1, 0.15) is 34.1 Å². The van der Waals surface area contributed by atoms with E-state index < -0.39 is 0 Å². The maximum atomic E-state index is 4.43. The van der Waals surface area contributed by atoms with E-state index in [0.717, 1.165) is 22.5 Å². The summed E-state index contributed by atoms with van der Waals surface area (Å²) >= 11 is 1.86. The molecule has 4 heteroatoms. The van der Waals surface area contributed by atoms with Gasteiger partial charge in [-0.3, -0.25) is 0 Å². The molecular formula is C16H19N3S. The number of H-pyrrole nitrogens is 1. The zero-order valence-corrected chi connectivity index (χ0v) is 13.1. The van der Waals surface area contributed by atoms with Crippen LogP contribution in [-0.4, -0.2) is 9.97 Å². The molecule has 2 N–H and O–H groups in total. The molecule has 1 atom stereocenters. The number of fused-ring (bicyclic) bond motifs is 1. The highest BCUT2D eigenvalue weighted by molar-refractivity contribution is 7.12. The van der Waals surface area contributed by atoms with Crippen LogP contribution in [-0.2, 0) is 0 Å². The van der Waals surface area contributed by atoms with Gasteiger partial charge in [0.05, 0.1) is 11.0 Å². The summed E-state index contributed by atoms with van der Waals surface area (Å²) in [5, 5.41) is 3.57. The molecule has 104 valence electrons. The number of aromatic amines is 1. The SMILES string of the molecule is Cc1nc2ccc(NC(C)c3cc(C)sc3C)cc2[nH]1. The van der Waals surface area contributed by atoms with E-state index in [1.54, 1.807) is 0 Å². The number of rotatable bonds is 3. The fourth-order valence-corrected chi connectivity index (χ4v) is 3.66. The maximum absolute atomic E-state index is 4.43. The van der Waals surface area contributed by atoms with Gasteiger partial charge in [-0.1, -0.05) is 0 Å². The molecule has 0 aliphatic carbocycles. The van der Waals surface area contributed by atoms with Crippen LogP contribution in [0.2, 0.25) is 0 Å². The van der Waals surface area contributed by atoms with Gasteiger partial charge in [0, 0.05) is 21.5 Å². The minimum Gasteiger partial charge on any atom is -0.378 e. The van der Waals surface area contributed by atoms with Gasteiger partial charge in [-0.05, 0) is 57.5 Å². The van der Waals surface area contributed by atoms with E-state index in [1.807, 2.05) is 18.3 Å². The van der Waals surface area contributed by atoms with Crippen molar-refractivity contribution >= 4 is 28.1 Å². The van der Waals surface area contributed by atoms with Gasteiger partial charge in [-0.2, -0.15) is 0 Å². The first-order valence-corrected chi connectivity index (χ1v) is 7.64. The monoisotopic (exact) mass is 285 g/mol. The molecule has 3 nitrogen and oxygen atoms in total. The standard InChI is InChI=1S/C16H19N3S/c1-9-7-14(11(3)20-9)10(2)17-13-5-6-15-16(8-13)19-12(4)18-15/h5-8,10,17H,1-4H3,(H,18,19). The smallest absolute Gasteiger partial charge is 0.104 e. The van der Waals surface area contributed by atoms with E-state index in [1.165, 1.54) is 15.3 Å². The summed E-state index contributed by atoms with van der Waals surface area (Å²) in [4.78, 5) is 10.5. The average Bonchev–Trinajstić information content (AvgIpc) is 2.90. The molecule has 1 unspecified atom stereocenters. The second-order valence-electron chi connectivity index (χ2n) is 5.29. The normalized spacial score (nSPS) is 12.8. The highest BCUT2D eigenvalue weighted by Crippen LogP contribution is 2.29. The van der Waals surface area contributed by atoms with Crippen LogP contribution in [0.15, 0.2) is 24.3 Å². The lowest BCUT2D eigenvalue weighted by Crippen LogP contribution is -2.06. The predicted molar refractivity (Wildman–Crippen MR) is 86.7 cm³/mol. The van der Waals surface area contributed by atoms with Crippen LogP contribution in [0, 0.1) is 20.8 Å². The molecule has 20 heavy (non-hydrogen) atoms. The van der Waals surface area contributed by atoms with Crippen molar-refractivity contribution in [1.82, 2.24) is 9.97 Å². The fraction of sp³-hybridized carbons (Fsp3) is 0.312. The van der Waals surface area contributed by atoms with Crippen LogP contribution in [0.4, 0.5) is 5.69 Å². The number of anilines is 1. The van der Waals surface area contributed by atoms with Crippen molar-refractivity contribution in [2.24, 2.45) is 0 Å². The lowest BCUT2D eigenvalue weighted by atomic mass is 10.1. The molecule has 0 bridgehead atoms. The van der Waals surface area contributed by atoms with Gasteiger partial charge in [0.2, 0.25) is 0 Å². The summed E-state index contributed by atoms with van der Waals surface area (Å²) in [6.45, 7) is 8.53. The molecule has 3 rings (SSSR count). The number of hydrogen-bond donors (Lipinski definition) is 2. The van der Waals surface area contributed by atoms with Gasteiger partial charge in [-0.15, -0.1) is 11.3 Å². The number of nitrogens with one attached hydrogen (secondary N) is 2. The van der Waals surface area contributed by atoms with Gasteiger partial charge in [0.25, 0.3) is 0 Å². The molecule has 3 aromatic rings. The largest absolute Gasteiger partial charge is 0.378 e. The Bertz CT molecular complexity index is 754. The molecule has 0 aliphatic heterocycles.